The molecule has 0 fully saturated rings. The molecule has 2 N–H and O–H groups in total. The molecule has 3 nitrogen and oxygen atoms in total. The highest BCUT2D eigenvalue weighted by molar-refractivity contribution is 5.47. The zero-order valence-corrected chi connectivity index (χ0v) is 11.3. The second-order valence-corrected chi connectivity index (χ2v) is 4.47. The number of aryl methyl sites for hydroxylation is 1. The Kier molecular flexibility index (Phi) is 4.29. The SMILES string of the molecule is COc1ccc(CCOc2cc(N)ccc2C)cc1. The molecule has 2 aromatic carbocycles. The normalized spacial score (nSPS) is 10.2. The molecule has 0 heterocycles. The first-order chi connectivity index (χ1) is 9.19. The number of anilines is 1. The molecular formula is C16H19NO2. The van der Waals surface area contributed by atoms with Gasteiger partial charge in [-0.15, -0.1) is 0 Å². The molecule has 0 radical (unpaired) electrons. The monoisotopic (exact) mass is 257 g/mol. The van der Waals surface area contributed by atoms with E-state index in [1.807, 2.05) is 37.3 Å². The van der Waals surface area contributed by atoms with Gasteiger partial charge >= 0.3 is 0 Å². The van der Waals surface area contributed by atoms with Crippen molar-refractivity contribution in [2.24, 2.45) is 0 Å². The minimum atomic E-state index is 0.636. The average molecular weight is 257 g/mol. The third-order valence-electron chi connectivity index (χ3n) is 3.02. The smallest absolute Gasteiger partial charge is 0.124 e. The Hall–Kier alpha value is -2.16. The van der Waals surface area contributed by atoms with Gasteiger partial charge in [-0.05, 0) is 36.2 Å². The van der Waals surface area contributed by atoms with Crippen LogP contribution in [-0.4, -0.2) is 13.7 Å². The molecule has 0 aliphatic carbocycles. The van der Waals surface area contributed by atoms with Crippen LogP contribution in [0.2, 0.25) is 0 Å². The van der Waals surface area contributed by atoms with Crippen molar-refractivity contribution < 1.29 is 9.47 Å². The molecular weight excluding hydrogens is 238 g/mol. The van der Waals surface area contributed by atoms with E-state index in [4.69, 9.17) is 15.2 Å². The van der Waals surface area contributed by atoms with Crippen molar-refractivity contribution >= 4 is 5.69 Å². The molecule has 100 valence electrons. The summed E-state index contributed by atoms with van der Waals surface area (Å²) in [5.41, 5.74) is 8.80. The van der Waals surface area contributed by atoms with Crippen LogP contribution in [-0.2, 0) is 6.42 Å². The minimum absolute atomic E-state index is 0.636. The summed E-state index contributed by atoms with van der Waals surface area (Å²) in [4.78, 5) is 0. The summed E-state index contributed by atoms with van der Waals surface area (Å²) >= 11 is 0. The predicted molar refractivity (Wildman–Crippen MR) is 77.8 cm³/mol. The molecule has 0 atom stereocenters. The van der Waals surface area contributed by atoms with E-state index in [-0.39, 0.29) is 0 Å². The van der Waals surface area contributed by atoms with Gasteiger partial charge in [-0.25, -0.2) is 0 Å². The second-order valence-electron chi connectivity index (χ2n) is 4.47. The van der Waals surface area contributed by atoms with E-state index < -0.39 is 0 Å². The Morgan fingerprint density at radius 3 is 2.47 bits per heavy atom. The zero-order chi connectivity index (χ0) is 13.7. The van der Waals surface area contributed by atoms with Crippen LogP contribution in [0.4, 0.5) is 5.69 Å². The Morgan fingerprint density at radius 2 is 1.79 bits per heavy atom. The first kappa shape index (κ1) is 13.3. The Balaban J connectivity index is 1.90. The first-order valence-corrected chi connectivity index (χ1v) is 6.31. The summed E-state index contributed by atoms with van der Waals surface area (Å²) in [5, 5.41) is 0. The van der Waals surface area contributed by atoms with E-state index in [0.717, 1.165) is 29.2 Å². The number of nitrogen functional groups attached to an aromatic ring is 1. The highest BCUT2D eigenvalue weighted by Gasteiger charge is 2.01. The maximum atomic E-state index is 5.77. The van der Waals surface area contributed by atoms with E-state index in [2.05, 4.69) is 12.1 Å². The molecule has 2 rings (SSSR count). The van der Waals surface area contributed by atoms with E-state index in [0.29, 0.717) is 6.61 Å². The van der Waals surface area contributed by atoms with Gasteiger partial charge in [0.2, 0.25) is 0 Å². The van der Waals surface area contributed by atoms with Gasteiger partial charge in [0, 0.05) is 18.2 Å². The van der Waals surface area contributed by atoms with Gasteiger partial charge in [0.1, 0.15) is 11.5 Å². The van der Waals surface area contributed by atoms with Crippen LogP contribution >= 0.6 is 0 Å². The number of nitrogens with two attached hydrogens (primary N) is 1. The quantitative estimate of drug-likeness (QED) is 0.836. The van der Waals surface area contributed by atoms with Crippen LogP contribution in [0.5, 0.6) is 11.5 Å². The van der Waals surface area contributed by atoms with Crippen LogP contribution in [0.1, 0.15) is 11.1 Å². The summed E-state index contributed by atoms with van der Waals surface area (Å²) in [7, 11) is 1.67. The Labute approximate surface area is 114 Å². The topological polar surface area (TPSA) is 44.5 Å². The van der Waals surface area contributed by atoms with Gasteiger partial charge in [-0.2, -0.15) is 0 Å². The highest BCUT2D eigenvalue weighted by Crippen LogP contribution is 2.21. The number of hydrogen-bond acceptors (Lipinski definition) is 3. The molecule has 0 saturated heterocycles. The van der Waals surface area contributed by atoms with E-state index >= 15 is 0 Å². The van der Waals surface area contributed by atoms with Crippen molar-refractivity contribution in [3.8, 4) is 11.5 Å². The number of methoxy groups -OCH3 is 1. The van der Waals surface area contributed by atoms with Crippen LogP contribution < -0.4 is 15.2 Å². The summed E-state index contributed by atoms with van der Waals surface area (Å²) in [5.74, 6) is 1.73. The van der Waals surface area contributed by atoms with Crippen LogP contribution in [0.3, 0.4) is 0 Å². The van der Waals surface area contributed by atoms with Crippen molar-refractivity contribution in [1.82, 2.24) is 0 Å². The second kappa shape index (κ2) is 6.14. The van der Waals surface area contributed by atoms with Crippen LogP contribution in [0.25, 0.3) is 0 Å². The molecule has 0 aromatic heterocycles. The van der Waals surface area contributed by atoms with E-state index in [9.17, 15) is 0 Å². The third-order valence-corrected chi connectivity index (χ3v) is 3.02. The molecule has 0 bridgehead atoms. The zero-order valence-electron chi connectivity index (χ0n) is 11.3. The van der Waals surface area contributed by atoms with E-state index in [1.54, 1.807) is 7.11 Å². The fraction of sp³-hybridized carbons (Fsp3) is 0.250. The van der Waals surface area contributed by atoms with Crippen molar-refractivity contribution in [1.29, 1.82) is 0 Å². The summed E-state index contributed by atoms with van der Waals surface area (Å²) in [6, 6.07) is 13.7. The number of ether oxygens (including phenoxy) is 2. The first-order valence-electron chi connectivity index (χ1n) is 6.31. The lowest BCUT2D eigenvalue weighted by Crippen LogP contribution is -2.03. The molecule has 2 aromatic rings. The Morgan fingerprint density at radius 1 is 1.05 bits per heavy atom. The molecule has 0 aliphatic rings. The number of benzene rings is 2. The maximum absolute atomic E-state index is 5.77. The molecule has 0 spiro atoms. The summed E-state index contributed by atoms with van der Waals surface area (Å²) in [6.07, 6.45) is 0.859. The fourth-order valence-electron chi connectivity index (χ4n) is 1.84. The van der Waals surface area contributed by atoms with Gasteiger partial charge in [-0.3, -0.25) is 0 Å². The van der Waals surface area contributed by atoms with Gasteiger partial charge in [0.25, 0.3) is 0 Å². The molecule has 0 unspecified atom stereocenters. The fourth-order valence-corrected chi connectivity index (χ4v) is 1.84. The van der Waals surface area contributed by atoms with Gasteiger partial charge in [-0.1, -0.05) is 18.2 Å². The van der Waals surface area contributed by atoms with E-state index in [1.165, 1.54) is 5.56 Å². The molecule has 0 amide bonds. The lowest BCUT2D eigenvalue weighted by molar-refractivity contribution is 0.320. The molecule has 0 saturated carbocycles. The maximum Gasteiger partial charge on any atom is 0.124 e. The predicted octanol–water partition coefficient (Wildman–Crippen LogP) is 3.21. The largest absolute Gasteiger partial charge is 0.497 e. The van der Waals surface area contributed by atoms with Crippen molar-refractivity contribution in [3.63, 3.8) is 0 Å². The summed E-state index contributed by atoms with van der Waals surface area (Å²) in [6.45, 7) is 2.65. The Bertz CT molecular complexity index is 535. The molecule has 3 heteroatoms. The third kappa shape index (κ3) is 3.65. The summed E-state index contributed by atoms with van der Waals surface area (Å²) < 4.78 is 10.9. The minimum Gasteiger partial charge on any atom is -0.497 e. The van der Waals surface area contributed by atoms with Crippen molar-refractivity contribution in [3.05, 3.63) is 53.6 Å². The van der Waals surface area contributed by atoms with Crippen LogP contribution in [0.15, 0.2) is 42.5 Å². The molecule has 0 aliphatic heterocycles. The van der Waals surface area contributed by atoms with Gasteiger partial charge in [0.05, 0.1) is 13.7 Å². The standard InChI is InChI=1S/C16H19NO2/c1-12-3-6-14(17)11-16(12)19-10-9-13-4-7-15(18-2)8-5-13/h3-8,11H,9-10,17H2,1-2H3. The number of hydrogen-bond donors (Lipinski definition) is 1. The van der Waals surface area contributed by atoms with Gasteiger partial charge < -0.3 is 15.2 Å². The lowest BCUT2D eigenvalue weighted by atomic mass is 10.1. The lowest BCUT2D eigenvalue weighted by Gasteiger charge is -2.10. The van der Waals surface area contributed by atoms with Crippen molar-refractivity contribution in [2.45, 2.75) is 13.3 Å². The van der Waals surface area contributed by atoms with Crippen LogP contribution in [0, 0.1) is 6.92 Å². The van der Waals surface area contributed by atoms with Gasteiger partial charge in [0.15, 0.2) is 0 Å². The van der Waals surface area contributed by atoms with Crippen molar-refractivity contribution in [2.75, 3.05) is 19.5 Å². The highest BCUT2D eigenvalue weighted by atomic mass is 16.5. The average Bonchev–Trinajstić information content (AvgIpc) is 2.43. The number of rotatable bonds is 5. The molecule has 19 heavy (non-hydrogen) atoms.